The van der Waals surface area contributed by atoms with Gasteiger partial charge in [0, 0.05) is 71.6 Å². The summed E-state index contributed by atoms with van der Waals surface area (Å²) in [6.07, 6.45) is 3.28. The number of nitrogens with one attached hydrogen (secondary N) is 1. The fourth-order valence-electron chi connectivity index (χ4n) is 7.04. The summed E-state index contributed by atoms with van der Waals surface area (Å²) in [4.78, 5) is 42.6. The van der Waals surface area contributed by atoms with Crippen LogP contribution in [0.3, 0.4) is 0 Å². The molecule has 16 heteroatoms. The minimum Gasteiger partial charge on any atom is -0.507 e. The summed E-state index contributed by atoms with van der Waals surface area (Å²) < 4.78 is 23.3. The van der Waals surface area contributed by atoms with Gasteiger partial charge in [0.15, 0.2) is 5.75 Å². The van der Waals surface area contributed by atoms with Crippen molar-refractivity contribution >= 4 is 34.1 Å². The number of aliphatic hydroxyl groups is 2. The third-order valence-electron chi connectivity index (χ3n) is 10.4. The van der Waals surface area contributed by atoms with E-state index >= 15 is 0 Å². The van der Waals surface area contributed by atoms with E-state index in [2.05, 4.69) is 15.3 Å². The summed E-state index contributed by atoms with van der Waals surface area (Å²) >= 11 is 0. The third kappa shape index (κ3) is 7.69. The first kappa shape index (κ1) is 41.5. The molecule has 2 aromatic rings. The largest absolute Gasteiger partial charge is 0.507 e. The highest BCUT2D eigenvalue weighted by molar-refractivity contribution is 6.22. The molecule has 9 atom stereocenters. The number of aliphatic hydroxyl groups excluding tert-OH is 2. The van der Waals surface area contributed by atoms with Crippen molar-refractivity contribution in [1.29, 1.82) is 0 Å². The zero-order valence-electron chi connectivity index (χ0n) is 31.6. The van der Waals surface area contributed by atoms with Gasteiger partial charge in [-0.25, -0.2) is 0 Å². The number of benzene rings is 2. The Hall–Kier alpha value is -5.28. The zero-order chi connectivity index (χ0) is 40.4. The van der Waals surface area contributed by atoms with Gasteiger partial charge >= 0.3 is 11.8 Å². The van der Waals surface area contributed by atoms with Crippen LogP contribution in [0.4, 0.5) is 5.69 Å². The molecular formula is C38H48N4O12. The van der Waals surface area contributed by atoms with E-state index in [0.29, 0.717) is 0 Å². The lowest BCUT2D eigenvalue weighted by atomic mass is 9.78. The Morgan fingerprint density at radius 2 is 1.67 bits per heavy atom. The number of allylic oxidation sites excluding steroid dienone is 2. The Bertz CT molecular complexity index is 1970. The summed E-state index contributed by atoms with van der Waals surface area (Å²) in [7, 11) is 1.41. The number of carbonyl (C=O) groups excluding carboxylic acids is 3. The van der Waals surface area contributed by atoms with Crippen LogP contribution in [0.5, 0.6) is 23.0 Å². The molecule has 1 amide bonds. The molecule has 6 N–H and O–H groups in total. The molecule has 5 rings (SSSR count). The highest BCUT2D eigenvalue weighted by atomic mass is 16.7. The van der Waals surface area contributed by atoms with Crippen molar-refractivity contribution in [3.63, 3.8) is 0 Å². The number of Topliss-reactive ketones (excluding diaryl/α,β-unsaturated/α-hetero) is 1. The van der Waals surface area contributed by atoms with E-state index < -0.39 is 95.3 Å². The second-order valence-corrected chi connectivity index (χ2v) is 14.1. The monoisotopic (exact) mass is 752 g/mol. The third-order valence-corrected chi connectivity index (χ3v) is 10.4. The second kappa shape index (κ2) is 16.4. The van der Waals surface area contributed by atoms with E-state index in [1.807, 2.05) is 0 Å². The minimum absolute atomic E-state index is 0.00866. The second-order valence-electron chi connectivity index (χ2n) is 14.1. The van der Waals surface area contributed by atoms with Crippen molar-refractivity contribution in [2.75, 3.05) is 12.4 Å². The molecule has 0 saturated heterocycles. The van der Waals surface area contributed by atoms with Gasteiger partial charge in [-0.1, -0.05) is 51.0 Å². The number of phenolic OH excluding ortho intramolecular Hbond substituents is 3. The van der Waals surface area contributed by atoms with Gasteiger partial charge in [0.25, 0.3) is 11.7 Å². The predicted molar refractivity (Wildman–Crippen MR) is 197 cm³/mol. The van der Waals surface area contributed by atoms with Gasteiger partial charge in [0.1, 0.15) is 23.4 Å². The van der Waals surface area contributed by atoms with Crippen molar-refractivity contribution in [2.24, 2.45) is 28.8 Å². The molecule has 0 spiro atoms. The Labute approximate surface area is 312 Å². The van der Waals surface area contributed by atoms with Crippen molar-refractivity contribution in [3.05, 3.63) is 63.3 Å². The van der Waals surface area contributed by atoms with Gasteiger partial charge in [-0.3, -0.25) is 14.4 Å². The number of phenols is 3. The highest BCUT2D eigenvalue weighted by Gasteiger charge is 2.50. The van der Waals surface area contributed by atoms with Gasteiger partial charge in [-0.15, -0.1) is 0 Å². The number of nitrogens with zero attached hydrogens (tertiary/aromatic N) is 3. The SMILES string of the molecule is CO[C@H]1C=CO[C@@]2(C)Oc3c(C)c(O)c4c(O)c(c(CN=[N+]=[N-])c(O)c4c3C2=O)NC(=O)/C(C)=C\C=C/[C@H](C)[C@H](O)[C@@H](C)[C@@H](O)[C@@H](C)[C@H](OC(C)=O)[C@@H]1C. The smallest absolute Gasteiger partial charge is 0.312 e. The van der Waals surface area contributed by atoms with Crippen molar-refractivity contribution < 1.29 is 58.9 Å². The quantitative estimate of drug-likeness (QED) is 0.0561. The molecule has 0 aliphatic carbocycles. The predicted octanol–water partition coefficient (Wildman–Crippen LogP) is 5.56. The molecule has 292 valence electrons. The Morgan fingerprint density at radius 3 is 2.28 bits per heavy atom. The molecule has 0 radical (unpaired) electrons. The van der Waals surface area contributed by atoms with Crippen LogP contribution in [-0.4, -0.2) is 80.5 Å². The number of esters is 1. The van der Waals surface area contributed by atoms with Crippen LogP contribution < -0.4 is 10.1 Å². The molecule has 0 unspecified atom stereocenters. The number of ether oxygens (including phenoxy) is 4. The van der Waals surface area contributed by atoms with E-state index in [4.69, 9.17) is 24.5 Å². The molecule has 3 heterocycles. The van der Waals surface area contributed by atoms with Crippen LogP contribution in [-0.2, 0) is 30.3 Å². The first-order chi connectivity index (χ1) is 25.3. The first-order valence-electron chi connectivity index (χ1n) is 17.4. The standard InChI is InChI=1S/C38H48N4O12/c1-16-11-10-12-17(2)37(50)41-28-23(15-40-42-39)32(47)25-26(33(28)48)31(46)21(6)35-27(25)36(49)38(8,54-35)52-14-13-24(51-9)18(3)34(53-22(7)43)20(5)30(45)19(4)29(16)44/h10-14,16,18-20,24,29-30,34,44-48H,15H2,1-9H3,(H,41,50)/b11-10-,14-13?,17-12-/t16-,18+,19+,20+,24-,29-,30+,34+,38-/m0/s1. The molecule has 0 aromatic heterocycles. The number of fused-ring (bicyclic) bond motifs is 14. The molecule has 2 aromatic carbocycles. The summed E-state index contributed by atoms with van der Waals surface area (Å²) in [5.41, 5.74) is 8.35. The number of azide groups is 1. The fourth-order valence-corrected chi connectivity index (χ4v) is 7.04. The number of anilines is 1. The van der Waals surface area contributed by atoms with E-state index in [1.54, 1.807) is 33.8 Å². The molecular weight excluding hydrogens is 704 g/mol. The topological polar surface area (TPSA) is 250 Å². The minimum atomic E-state index is -2.07. The number of ketones is 1. The van der Waals surface area contributed by atoms with Crippen molar-refractivity contribution in [3.8, 4) is 23.0 Å². The number of hydrogen-bond donors (Lipinski definition) is 6. The Balaban J connectivity index is 1.96. The zero-order valence-corrected chi connectivity index (χ0v) is 31.6. The van der Waals surface area contributed by atoms with Crippen molar-refractivity contribution in [1.82, 2.24) is 0 Å². The van der Waals surface area contributed by atoms with Crippen LogP contribution in [0.15, 0.2) is 41.3 Å². The molecule has 16 nitrogen and oxygen atoms in total. The van der Waals surface area contributed by atoms with Gasteiger partial charge in [0.05, 0.1) is 47.8 Å². The van der Waals surface area contributed by atoms with E-state index in [9.17, 15) is 39.9 Å². The molecule has 0 fully saturated rings. The molecule has 5 bridgehead atoms. The lowest BCUT2D eigenvalue weighted by Gasteiger charge is -2.38. The molecule has 3 aliphatic heterocycles. The number of carbonyl (C=O) groups is 3. The number of aromatic hydroxyl groups is 3. The maximum Gasteiger partial charge on any atom is 0.312 e. The lowest BCUT2D eigenvalue weighted by Crippen LogP contribution is -2.46. The number of rotatable bonds is 4. The van der Waals surface area contributed by atoms with E-state index in [-0.39, 0.29) is 44.5 Å². The van der Waals surface area contributed by atoms with E-state index in [1.165, 1.54) is 53.0 Å². The average molecular weight is 753 g/mol. The summed E-state index contributed by atoms with van der Waals surface area (Å²) in [5, 5.41) is 62.6. The Morgan fingerprint density at radius 1 is 1.00 bits per heavy atom. The summed E-state index contributed by atoms with van der Waals surface area (Å²) in [6, 6.07) is 0. The number of methoxy groups -OCH3 is 1. The maximum atomic E-state index is 14.2. The van der Waals surface area contributed by atoms with Gasteiger partial charge in [-0.2, -0.15) is 0 Å². The highest BCUT2D eigenvalue weighted by Crippen LogP contribution is 2.55. The number of amides is 1. The molecule has 3 aliphatic rings. The molecule has 54 heavy (non-hydrogen) atoms. The maximum absolute atomic E-state index is 14.2. The fraction of sp³-hybridized carbons (Fsp3) is 0.500. The molecule has 0 saturated carbocycles. The van der Waals surface area contributed by atoms with Gasteiger partial charge < -0.3 is 49.8 Å². The average Bonchev–Trinajstić information content (AvgIpc) is 3.39. The lowest BCUT2D eigenvalue weighted by molar-refractivity contribution is -0.160. The first-order valence-corrected chi connectivity index (χ1v) is 17.4. The number of hydrogen-bond acceptors (Lipinski definition) is 13. The van der Waals surface area contributed by atoms with Crippen LogP contribution >= 0.6 is 0 Å². The van der Waals surface area contributed by atoms with Crippen LogP contribution in [0.25, 0.3) is 21.2 Å². The van der Waals surface area contributed by atoms with Crippen LogP contribution in [0.2, 0.25) is 0 Å². The van der Waals surface area contributed by atoms with Gasteiger partial charge in [-0.05, 0) is 25.5 Å². The summed E-state index contributed by atoms with van der Waals surface area (Å²) in [5.74, 6) is -8.90. The van der Waals surface area contributed by atoms with Crippen LogP contribution in [0, 0.1) is 30.6 Å². The normalized spacial score (nSPS) is 30.8. The van der Waals surface area contributed by atoms with Crippen molar-refractivity contribution in [2.45, 2.75) is 92.1 Å². The van der Waals surface area contributed by atoms with Gasteiger partial charge in [0.2, 0.25) is 0 Å². The van der Waals surface area contributed by atoms with Crippen LogP contribution in [0.1, 0.15) is 70.0 Å². The summed E-state index contributed by atoms with van der Waals surface area (Å²) in [6.45, 7) is 11.7. The Kier molecular flexibility index (Phi) is 12.6. The van der Waals surface area contributed by atoms with E-state index in [0.717, 1.165) is 6.26 Å².